The van der Waals surface area contributed by atoms with Gasteiger partial charge in [0.25, 0.3) is 0 Å². The highest BCUT2D eigenvalue weighted by atomic mass is 35.5. The van der Waals surface area contributed by atoms with E-state index in [1.165, 1.54) is 7.11 Å². The Balaban J connectivity index is 1.82. The number of methoxy groups -OCH3 is 2. The molecule has 9 atom stereocenters. The summed E-state index contributed by atoms with van der Waals surface area (Å²) in [4.78, 5) is 12.9. The van der Waals surface area contributed by atoms with Gasteiger partial charge < -0.3 is 24.1 Å². The number of hydrogen-bond donors (Lipinski definition) is 1. The fraction of sp³-hybridized carbons (Fsp3) is 0.667. The van der Waals surface area contributed by atoms with Gasteiger partial charge in [-0.1, -0.05) is 49.5 Å². The first-order chi connectivity index (χ1) is 16.2. The molecule has 6 nitrogen and oxygen atoms in total. The van der Waals surface area contributed by atoms with Gasteiger partial charge in [-0.15, -0.1) is 11.6 Å². The lowest BCUT2D eigenvalue weighted by molar-refractivity contribution is -0.312. The average Bonchev–Trinajstić information content (AvgIpc) is 3.50. The van der Waals surface area contributed by atoms with Gasteiger partial charge in [0, 0.05) is 50.2 Å². The number of carbonyl (C=O) groups is 1. The Hall–Kier alpha value is -1.62. The predicted octanol–water partition coefficient (Wildman–Crippen LogP) is 4.16. The monoisotopic (exact) mass is 492 g/mol. The van der Waals surface area contributed by atoms with Crippen molar-refractivity contribution in [3.63, 3.8) is 0 Å². The van der Waals surface area contributed by atoms with Crippen LogP contribution in [-0.4, -0.2) is 60.9 Å². The molecular formula is C27H37ClO6. The van der Waals surface area contributed by atoms with Crippen LogP contribution in [0.1, 0.15) is 46.5 Å². The molecule has 1 saturated carbocycles. The number of cyclic esters (lactones) is 1. The molecule has 0 aromatic rings. The van der Waals surface area contributed by atoms with E-state index in [0.29, 0.717) is 12.3 Å². The van der Waals surface area contributed by atoms with E-state index in [0.717, 1.165) is 12.0 Å². The standard InChI is InChI=1S/C27H37ClO6/c1-17-12-21(11-9-7-6-8-10-20-14-22(20)28)33-25(30)16-27(32-5)15-23(29)18(2)26(34-27)19(3)24(13-17)31-4/h6-7,9,11,13,18-24,26,29H,12,14-16H2,1-5H3/b7-6+,11-9+,17-13+/t18-,19+,20?,21-,22-,23-,24+,26-,27+/m1/s1. The molecule has 3 aliphatic rings. The number of halogens is 1. The Bertz CT molecular complexity index is 870. The van der Waals surface area contributed by atoms with Gasteiger partial charge in [-0.05, 0) is 25.5 Å². The molecular weight excluding hydrogens is 456 g/mol. The van der Waals surface area contributed by atoms with Gasteiger partial charge in [0.2, 0.25) is 0 Å². The molecule has 188 valence electrons. The number of alkyl halides is 1. The third kappa shape index (κ3) is 6.96. The summed E-state index contributed by atoms with van der Waals surface area (Å²) in [6, 6.07) is 0. The van der Waals surface area contributed by atoms with Crippen LogP contribution in [0.3, 0.4) is 0 Å². The van der Waals surface area contributed by atoms with Gasteiger partial charge >= 0.3 is 5.97 Å². The third-order valence-corrected chi connectivity index (χ3v) is 7.43. The number of esters is 1. The molecule has 2 fully saturated rings. The summed E-state index contributed by atoms with van der Waals surface area (Å²) in [6.45, 7) is 5.99. The maximum atomic E-state index is 12.9. The van der Waals surface area contributed by atoms with Crippen LogP contribution in [0, 0.1) is 29.6 Å². The second-order valence-corrected chi connectivity index (χ2v) is 10.3. The molecule has 2 bridgehead atoms. The first-order valence-corrected chi connectivity index (χ1v) is 12.4. The summed E-state index contributed by atoms with van der Waals surface area (Å²) in [5.74, 6) is 4.50. The smallest absolute Gasteiger partial charge is 0.311 e. The van der Waals surface area contributed by atoms with Crippen LogP contribution in [0.5, 0.6) is 0 Å². The van der Waals surface area contributed by atoms with Crippen LogP contribution < -0.4 is 0 Å². The molecule has 2 heterocycles. The van der Waals surface area contributed by atoms with E-state index in [9.17, 15) is 9.90 Å². The number of allylic oxidation sites excluding steroid dienone is 3. The Morgan fingerprint density at radius 1 is 1.26 bits per heavy atom. The Kier molecular flexibility index (Phi) is 9.42. The van der Waals surface area contributed by atoms with Crippen molar-refractivity contribution in [2.24, 2.45) is 17.8 Å². The van der Waals surface area contributed by atoms with E-state index >= 15 is 0 Å². The van der Waals surface area contributed by atoms with E-state index in [2.05, 4.69) is 11.8 Å². The quantitative estimate of drug-likeness (QED) is 0.209. The molecule has 3 rings (SSSR count). The third-order valence-electron chi connectivity index (χ3n) is 6.94. The Labute approximate surface area is 208 Å². The number of fused-ring (bicyclic) bond motifs is 2. The molecule has 0 spiro atoms. The van der Waals surface area contributed by atoms with Crippen molar-refractivity contribution in [2.45, 2.75) is 82.0 Å². The molecule has 1 saturated heterocycles. The summed E-state index contributed by atoms with van der Waals surface area (Å²) >= 11 is 5.96. The fourth-order valence-electron chi connectivity index (χ4n) is 4.66. The number of aliphatic hydroxyl groups is 1. The van der Waals surface area contributed by atoms with Gasteiger partial charge in [-0.2, -0.15) is 0 Å². The second-order valence-electron chi connectivity index (χ2n) is 9.70. The summed E-state index contributed by atoms with van der Waals surface area (Å²) in [5, 5.41) is 11.0. The van der Waals surface area contributed by atoms with Crippen molar-refractivity contribution >= 4 is 17.6 Å². The minimum atomic E-state index is -1.25. The summed E-state index contributed by atoms with van der Waals surface area (Å²) in [7, 11) is 3.17. The van der Waals surface area contributed by atoms with Gasteiger partial charge in [-0.25, -0.2) is 0 Å². The number of rotatable bonds is 4. The van der Waals surface area contributed by atoms with Gasteiger partial charge in [0.15, 0.2) is 5.79 Å². The van der Waals surface area contributed by atoms with Crippen LogP contribution >= 0.6 is 11.6 Å². The lowest BCUT2D eigenvalue weighted by Crippen LogP contribution is -2.56. The highest BCUT2D eigenvalue weighted by molar-refractivity contribution is 6.22. The van der Waals surface area contributed by atoms with Crippen LogP contribution in [0.4, 0.5) is 0 Å². The molecule has 34 heavy (non-hydrogen) atoms. The average molecular weight is 493 g/mol. The summed E-state index contributed by atoms with van der Waals surface area (Å²) in [5.41, 5.74) is 1.04. The zero-order valence-corrected chi connectivity index (χ0v) is 21.5. The number of ether oxygens (including phenoxy) is 4. The first-order valence-electron chi connectivity index (χ1n) is 12.0. The topological polar surface area (TPSA) is 74.2 Å². The van der Waals surface area contributed by atoms with Crippen LogP contribution in [0.25, 0.3) is 0 Å². The molecule has 0 aromatic carbocycles. The highest BCUT2D eigenvalue weighted by Crippen LogP contribution is 2.40. The SMILES string of the molecule is CO[C@H]1/C=C(\C)C[C@@H](/C=C/C=C/C#CC2C[C@H]2Cl)OC(=O)C[C@]2(OC)C[C@@H](O)[C@@H](C)[C@@H](O2)[C@H]1C. The molecule has 1 aliphatic carbocycles. The van der Waals surface area contributed by atoms with Crippen molar-refractivity contribution in [3.05, 3.63) is 36.0 Å². The van der Waals surface area contributed by atoms with Crippen molar-refractivity contribution in [3.8, 4) is 11.8 Å². The molecule has 1 N–H and O–H groups in total. The zero-order chi connectivity index (χ0) is 24.9. The van der Waals surface area contributed by atoms with Gasteiger partial charge in [-0.3, -0.25) is 4.79 Å². The number of hydrogen-bond acceptors (Lipinski definition) is 6. The minimum absolute atomic E-state index is 0.0653. The van der Waals surface area contributed by atoms with Crippen LogP contribution in [-0.2, 0) is 23.7 Å². The van der Waals surface area contributed by atoms with E-state index in [1.807, 2.05) is 45.1 Å². The van der Waals surface area contributed by atoms with Gasteiger partial charge in [0.05, 0.1) is 24.7 Å². The summed E-state index contributed by atoms with van der Waals surface area (Å²) in [6.07, 6.45) is 9.16. The Morgan fingerprint density at radius 3 is 2.65 bits per heavy atom. The maximum absolute atomic E-state index is 12.9. The molecule has 0 aromatic heterocycles. The number of carbonyl (C=O) groups excluding carboxylic acids is 1. The van der Waals surface area contributed by atoms with Gasteiger partial charge in [0.1, 0.15) is 6.10 Å². The largest absolute Gasteiger partial charge is 0.458 e. The van der Waals surface area contributed by atoms with E-state index in [1.54, 1.807) is 13.2 Å². The normalized spacial score (nSPS) is 42.7. The van der Waals surface area contributed by atoms with Crippen molar-refractivity contribution in [2.75, 3.05) is 14.2 Å². The van der Waals surface area contributed by atoms with Crippen LogP contribution in [0.2, 0.25) is 0 Å². The van der Waals surface area contributed by atoms with E-state index in [-0.39, 0.29) is 42.3 Å². The van der Waals surface area contributed by atoms with Crippen molar-refractivity contribution < 1.29 is 28.8 Å². The number of aliphatic hydroxyl groups excluding tert-OH is 1. The Morgan fingerprint density at radius 2 is 2.00 bits per heavy atom. The lowest BCUT2D eigenvalue weighted by Gasteiger charge is -2.48. The van der Waals surface area contributed by atoms with E-state index < -0.39 is 24.0 Å². The first kappa shape index (κ1) is 27.0. The highest BCUT2D eigenvalue weighted by Gasteiger charge is 2.49. The fourth-order valence-corrected chi connectivity index (χ4v) is 4.91. The lowest BCUT2D eigenvalue weighted by atomic mass is 9.80. The molecule has 0 amide bonds. The molecule has 2 aliphatic heterocycles. The minimum Gasteiger partial charge on any atom is -0.458 e. The van der Waals surface area contributed by atoms with E-state index in [4.69, 9.17) is 30.5 Å². The molecule has 7 heteroatoms. The van der Waals surface area contributed by atoms with Crippen LogP contribution in [0.15, 0.2) is 36.0 Å². The zero-order valence-electron chi connectivity index (χ0n) is 20.7. The second kappa shape index (κ2) is 11.9. The molecule has 1 unspecified atom stereocenters. The summed E-state index contributed by atoms with van der Waals surface area (Å²) < 4.78 is 23.7. The van der Waals surface area contributed by atoms with Crippen molar-refractivity contribution in [1.29, 1.82) is 0 Å². The van der Waals surface area contributed by atoms with Crippen molar-refractivity contribution in [1.82, 2.24) is 0 Å². The molecule has 0 radical (unpaired) electrons. The maximum Gasteiger partial charge on any atom is 0.311 e. The predicted molar refractivity (Wildman–Crippen MR) is 131 cm³/mol.